The van der Waals surface area contributed by atoms with Crippen molar-refractivity contribution >= 4 is 15.9 Å². The van der Waals surface area contributed by atoms with E-state index < -0.39 is 0 Å². The molecule has 1 saturated heterocycles. The Hall–Kier alpha value is -0.450. The Balaban J connectivity index is 1.89. The van der Waals surface area contributed by atoms with Gasteiger partial charge in [0.25, 0.3) is 0 Å². The average molecular weight is 315 g/mol. The summed E-state index contributed by atoms with van der Waals surface area (Å²) in [6, 6.07) is 5.14. The highest BCUT2D eigenvalue weighted by Crippen LogP contribution is 2.18. The van der Waals surface area contributed by atoms with Crippen LogP contribution < -0.4 is 5.32 Å². The van der Waals surface area contributed by atoms with E-state index in [-0.39, 0.29) is 5.82 Å². The Kier molecular flexibility index (Phi) is 5.15. The molecule has 0 saturated carbocycles. The van der Waals surface area contributed by atoms with Crippen LogP contribution in [0.1, 0.15) is 18.4 Å². The van der Waals surface area contributed by atoms with Gasteiger partial charge in [-0.15, -0.1) is 0 Å². The zero-order valence-corrected chi connectivity index (χ0v) is 12.3. The van der Waals surface area contributed by atoms with Crippen molar-refractivity contribution < 1.29 is 4.39 Å². The first-order chi connectivity index (χ1) is 8.65. The smallest absolute Gasteiger partial charge is 0.127 e. The van der Waals surface area contributed by atoms with E-state index in [2.05, 4.69) is 33.2 Å². The lowest BCUT2D eigenvalue weighted by atomic mass is 9.97. The van der Waals surface area contributed by atoms with Gasteiger partial charge in [0.15, 0.2) is 0 Å². The molecule has 0 unspecified atom stereocenters. The van der Waals surface area contributed by atoms with Gasteiger partial charge in [-0.3, -0.25) is 0 Å². The fraction of sp³-hybridized carbons (Fsp3) is 0.571. The van der Waals surface area contributed by atoms with Gasteiger partial charge in [0.05, 0.1) is 0 Å². The van der Waals surface area contributed by atoms with Crippen molar-refractivity contribution in [2.75, 3.05) is 26.7 Å². The van der Waals surface area contributed by atoms with E-state index in [1.54, 1.807) is 6.07 Å². The fourth-order valence-corrected chi connectivity index (χ4v) is 2.93. The monoisotopic (exact) mass is 314 g/mol. The second-order valence-electron chi connectivity index (χ2n) is 5.13. The van der Waals surface area contributed by atoms with Crippen LogP contribution in [-0.4, -0.2) is 31.6 Å². The van der Waals surface area contributed by atoms with Crippen LogP contribution in [0.25, 0.3) is 0 Å². The molecule has 100 valence electrons. The van der Waals surface area contributed by atoms with Crippen molar-refractivity contribution in [1.29, 1.82) is 0 Å². The molecule has 0 radical (unpaired) electrons. The molecule has 0 amide bonds. The summed E-state index contributed by atoms with van der Waals surface area (Å²) in [6.45, 7) is 3.95. The summed E-state index contributed by atoms with van der Waals surface area (Å²) in [5.41, 5.74) is 0.765. The van der Waals surface area contributed by atoms with Gasteiger partial charge in [-0.25, -0.2) is 4.39 Å². The van der Waals surface area contributed by atoms with Crippen LogP contribution in [-0.2, 0) is 6.54 Å². The van der Waals surface area contributed by atoms with Gasteiger partial charge in [-0.2, -0.15) is 0 Å². The normalized spacial score (nSPS) is 17.3. The first kappa shape index (κ1) is 14.0. The van der Waals surface area contributed by atoms with E-state index in [1.165, 1.54) is 18.9 Å². The largest absolute Gasteiger partial charge is 0.317 e. The number of nitrogens with zero attached hydrogens (tertiary/aromatic N) is 1. The molecule has 2 nitrogen and oxygen atoms in total. The summed E-state index contributed by atoms with van der Waals surface area (Å²) in [5, 5.41) is 3.37. The third-order valence-corrected chi connectivity index (χ3v) is 3.97. The number of piperidine rings is 1. The maximum atomic E-state index is 13.7. The second kappa shape index (κ2) is 6.64. The molecule has 0 atom stereocenters. The van der Waals surface area contributed by atoms with Gasteiger partial charge >= 0.3 is 0 Å². The Labute approximate surface area is 117 Å². The van der Waals surface area contributed by atoms with Crippen molar-refractivity contribution in [1.82, 2.24) is 10.2 Å². The molecule has 1 N–H and O–H groups in total. The summed E-state index contributed by atoms with van der Waals surface area (Å²) in [4.78, 5) is 2.22. The topological polar surface area (TPSA) is 15.3 Å². The minimum atomic E-state index is -0.115. The van der Waals surface area contributed by atoms with Gasteiger partial charge in [-0.1, -0.05) is 15.9 Å². The van der Waals surface area contributed by atoms with Crippen LogP contribution >= 0.6 is 15.9 Å². The summed E-state index contributed by atoms with van der Waals surface area (Å²) < 4.78 is 14.6. The van der Waals surface area contributed by atoms with E-state index in [0.29, 0.717) is 6.54 Å². The first-order valence-electron chi connectivity index (χ1n) is 6.48. The van der Waals surface area contributed by atoms with Gasteiger partial charge in [-0.05, 0) is 57.1 Å². The second-order valence-corrected chi connectivity index (χ2v) is 6.04. The quantitative estimate of drug-likeness (QED) is 0.919. The molecule has 0 bridgehead atoms. The lowest BCUT2D eigenvalue weighted by Gasteiger charge is -2.27. The fourth-order valence-electron chi connectivity index (χ4n) is 2.52. The average Bonchev–Trinajstić information content (AvgIpc) is 2.35. The number of nitrogens with one attached hydrogen (secondary N) is 1. The van der Waals surface area contributed by atoms with E-state index in [9.17, 15) is 4.39 Å². The summed E-state index contributed by atoms with van der Waals surface area (Å²) in [5.74, 6) is 0.627. The van der Waals surface area contributed by atoms with Gasteiger partial charge in [0.1, 0.15) is 5.82 Å². The van der Waals surface area contributed by atoms with E-state index in [4.69, 9.17) is 0 Å². The maximum Gasteiger partial charge on any atom is 0.127 e. The zero-order chi connectivity index (χ0) is 13.0. The van der Waals surface area contributed by atoms with Gasteiger partial charge in [0, 0.05) is 23.1 Å². The molecule has 1 aliphatic heterocycles. The third kappa shape index (κ3) is 4.04. The Morgan fingerprint density at radius 1 is 1.39 bits per heavy atom. The van der Waals surface area contributed by atoms with Crippen molar-refractivity contribution in [3.8, 4) is 0 Å². The highest BCUT2D eigenvalue weighted by molar-refractivity contribution is 9.10. The molecule has 0 aromatic heterocycles. The molecule has 1 aromatic rings. The lowest BCUT2D eigenvalue weighted by Crippen LogP contribution is -2.34. The summed E-state index contributed by atoms with van der Waals surface area (Å²) >= 11 is 3.39. The first-order valence-corrected chi connectivity index (χ1v) is 7.27. The highest BCUT2D eigenvalue weighted by atomic mass is 79.9. The summed E-state index contributed by atoms with van der Waals surface area (Å²) in [6.07, 6.45) is 2.45. The number of hydrogen-bond acceptors (Lipinski definition) is 2. The minimum Gasteiger partial charge on any atom is -0.317 e. The SMILES string of the molecule is CN(Cc1cc(Br)ccc1F)CC1CCNCC1. The van der Waals surface area contributed by atoms with Crippen molar-refractivity contribution in [3.05, 3.63) is 34.1 Å². The molecule has 4 heteroatoms. The highest BCUT2D eigenvalue weighted by Gasteiger charge is 2.15. The predicted octanol–water partition coefficient (Wildman–Crippen LogP) is 3.02. The van der Waals surface area contributed by atoms with Crippen LogP contribution in [0.2, 0.25) is 0 Å². The van der Waals surface area contributed by atoms with E-state index in [1.807, 2.05) is 6.07 Å². The van der Waals surface area contributed by atoms with Crippen molar-refractivity contribution in [3.63, 3.8) is 0 Å². The molecule has 1 fully saturated rings. The lowest BCUT2D eigenvalue weighted by molar-refractivity contribution is 0.232. The molecule has 1 aromatic carbocycles. The molecular weight excluding hydrogens is 295 g/mol. The zero-order valence-electron chi connectivity index (χ0n) is 10.8. The number of halogens is 2. The predicted molar refractivity (Wildman–Crippen MR) is 76.0 cm³/mol. The van der Waals surface area contributed by atoms with Gasteiger partial charge < -0.3 is 10.2 Å². The van der Waals surface area contributed by atoms with Crippen LogP contribution in [0.3, 0.4) is 0 Å². The number of benzene rings is 1. The third-order valence-electron chi connectivity index (χ3n) is 3.48. The van der Waals surface area contributed by atoms with Crippen molar-refractivity contribution in [2.24, 2.45) is 5.92 Å². The van der Waals surface area contributed by atoms with Crippen LogP contribution in [0.15, 0.2) is 22.7 Å². The van der Waals surface area contributed by atoms with Crippen LogP contribution in [0.5, 0.6) is 0 Å². The molecule has 1 aliphatic rings. The van der Waals surface area contributed by atoms with Crippen LogP contribution in [0, 0.1) is 11.7 Å². The Morgan fingerprint density at radius 3 is 2.83 bits per heavy atom. The molecule has 0 spiro atoms. The summed E-state index contributed by atoms with van der Waals surface area (Å²) in [7, 11) is 2.07. The minimum absolute atomic E-state index is 0.115. The van der Waals surface area contributed by atoms with Gasteiger partial charge in [0.2, 0.25) is 0 Å². The number of hydrogen-bond donors (Lipinski definition) is 1. The Morgan fingerprint density at radius 2 is 2.11 bits per heavy atom. The maximum absolute atomic E-state index is 13.7. The Bertz CT molecular complexity index is 391. The molecule has 0 aliphatic carbocycles. The molecular formula is C14H20BrFN2. The molecule has 18 heavy (non-hydrogen) atoms. The number of rotatable bonds is 4. The van der Waals surface area contributed by atoms with E-state index in [0.717, 1.165) is 35.6 Å². The standard InChI is InChI=1S/C14H20BrFN2/c1-18(9-11-4-6-17-7-5-11)10-12-8-13(15)2-3-14(12)16/h2-3,8,11,17H,4-7,9-10H2,1H3. The van der Waals surface area contributed by atoms with Crippen LogP contribution in [0.4, 0.5) is 4.39 Å². The molecule has 2 rings (SSSR count). The van der Waals surface area contributed by atoms with Crippen molar-refractivity contribution in [2.45, 2.75) is 19.4 Å². The molecule has 1 heterocycles. The van der Waals surface area contributed by atoms with E-state index >= 15 is 0 Å².